The Hall–Kier alpha value is -1.31. The molecule has 0 aliphatic carbocycles. The van der Waals surface area contributed by atoms with Gasteiger partial charge in [0.05, 0.1) is 12.7 Å². The Kier molecular flexibility index (Phi) is 6.89. The van der Waals surface area contributed by atoms with Crippen molar-refractivity contribution in [1.29, 1.82) is 5.26 Å². The lowest BCUT2D eigenvalue weighted by Gasteiger charge is -2.19. The van der Waals surface area contributed by atoms with Gasteiger partial charge in [-0.15, -0.1) is 11.3 Å². The molecule has 2 rings (SSSR count). The monoisotopic (exact) mass is 429 g/mol. The van der Waals surface area contributed by atoms with Gasteiger partial charge < -0.3 is 4.74 Å². The van der Waals surface area contributed by atoms with Gasteiger partial charge in [0.1, 0.15) is 5.01 Å². The number of nitrogens with zero attached hydrogens (tertiary/aromatic N) is 3. The number of hydrogen-bond acceptors (Lipinski definition) is 6. The zero-order valence-electron chi connectivity index (χ0n) is 13.0. The van der Waals surface area contributed by atoms with Crippen molar-refractivity contribution in [2.75, 3.05) is 26.8 Å². The molecule has 9 heteroatoms. The van der Waals surface area contributed by atoms with Crippen LogP contribution in [0, 0.1) is 11.3 Å². The summed E-state index contributed by atoms with van der Waals surface area (Å²) in [5.74, 6) is 0. The van der Waals surface area contributed by atoms with Gasteiger partial charge in [0.25, 0.3) is 10.0 Å². The molecule has 0 radical (unpaired) electrons. The van der Waals surface area contributed by atoms with Crippen LogP contribution in [0.25, 0.3) is 10.6 Å². The molecule has 24 heavy (non-hydrogen) atoms. The highest BCUT2D eigenvalue weighted by molar-refractivity contribution is 9.10. The van der Waals surface area contributed by atoms with E-state index in [1.165, 1.54) is 28.1 Å². The normalized spacial score (nSPS) is 11.6. The van der Waals surface area contributed by atoms with Gasteiger partial charge in [0, 0.05) is 42.0 Å². The van der Waals surface area contributed by atoms with Crippen LogP contribution >= 0.6 is 27.3 Å². The Labute approximate surface area is 153 Å². The second kappa shape index (κ2) is 8.69. The topological polar surface area (TPSA) is 83.3 Å². The fraction of sp³-hybridized carbons (Fsp3) is 0.333. The number of hydrogen-bond donors (Lipinski definition) is 0. The lowest BCUT2D eigenvalue weighted by Crippen LogP contribution is -2.34. The van der Waals surface area contributed by atoms with Crippen LogP contribution in [0.1, 0.15) is 6.42 Å². The maximum Gasteiger partial charge on any atom is 0.261 e. The second-order valence-corrected chi connectivity index (χ2v) is 8.46. The van der Waals surface area contributed by atoms with Gasteiger partial charge in [0.15, 0.2) is 5.03 Å². The van der Waals surface area contributed by atoms with E-state index in [9.17, 15) is 8.42 Å². The molecule has 0 fully saturated rings. The van der Waals surface area contributed by atoms with E-state index in [4.69, 9.17) is 10.00 Å². The maximum absolute atomic E-state index is 12.7. The zero-order chi connectivity index (χ0) is 17.6. The Morgan fingerprint density at radius 1 is 1.33 bits per heavy atom. The summed E-state index contributed by atoms with van der Waals surface area (Å²) >= 11 is 4.64. The molecule has 0 bridgehead atoms. The first-order chi connectivity index (χ1) is 11.5. The Morgan fingerprint density at radius 2 is 2.04 bits per heavy atom. The van der Waals surface area contributed by atoms with E-state index in [-0.39, 0.29) is 31.1 Å². The molecule has 0 spiro atoms. The third kappa shape index (κ3) is 4.62. The van der Waals surface area contributed by atoms with Crippen molar-refractivity contribution in [2.24, 2.45) is 0 Å². The van der Waals surface area contributed by atoms with Crippen LogP contribution in [-0.2, 0) is 14.8 Å². The van der Waals surface area contributed by atoms with Gasteiger partial charge in [-0.3, -0.25) is 0 Å². The molecule has 0 N–H and O–H groups in total. The van der Waals surface area contributed by atoms with Crippen molar-refractivity contribution in [1.82, 2.24) is 9.29 Å². The fourth-order valence-electron chi connectivity index (χ4n) is 1.95. The summed E-state index contributed by atoms with van der Waals surface area (Å²) in [4.78, 5) is 4.27. The lowest BCUT2D eigenvalue weighted by atomic mass is 10.2. The summed E-state index contributed by atoms with van der Waals surface area (Å²) in [6.07, 6.45) is 0.118. The number of nitriles is 1. The number of halogens is 1. The van der Waals surface area contributed by atoms with Crippen molar-refractivity contribution < 1.29 is 13.2 Å². The number of thiazole rings is 1. The number of ether oxygens (including phenoxy) is 1. The molecule has 0 unspecified atom stereocenters. The summed E-state index contributed by atoms with van der Waals surface area (Å²) in [5.41, 5.74) is 0.852. The van der Waals surface area contributed by atoms with Crippen molar-refractivity contribution in [3.8, 4) is 16.6 Å². The summed E-state index contributed by atoms with van der Waals surface area (Å²) in [6, 6.07) is 9.47. The molecule has 0 aliphatic rings. The van der Waals surface area contributed by atoms with Crippen molar-refractivity contribution >= 4 is 37.3 Å². The summed E-state index contributed by atoms with van der Waals surface area (Å²) in [5, 5.41) is 10.9. The molecule has 0 atom stereocenters. The van der Waals surface area contributed by atoms with E-state index in [2.05, 4.69) is 20.9 Å². The number of aromatic nitrogens is 1. The first kappa shape index (κ1) is 19.0. The van der Waals surface area contributed by atoms with E-state index >= 15 is 0 Å². The molecule has 0 aliphatic heterocycles. The molecule has 1 aromatic carbocycles. The smallest absolute Gasteiger partial charge is 0.261 e. The maximum atomic E-state index is 12.7. The molecule has 0 saturated heterocycles. The molecular formula is C15H16BrN3O3S2. The summed E-state index contributed by atoms with van der Waals surface area (Å²) in [6.45, 7) is 0.563. The highest BCUT2D eigenvalue weighted by Crippen LogP contribution is 2.28. The van der Waals surface area contributed by atoms with E-state index < -0.39 is 10.0 Å². The molecule has 128 valence electrons. The molecule has 1 heterocycles. The highest BCUT2D eigenvalue weighted by Gasteiger charge is 2.26. The van der Waals surface area contributed by atoms with Crippen LogP contribution in [0.15, 0.2) is 39.1 Å². The van der Waals surface area contributed by atoms with Gasteiger partial charge in [-0.25, -0.2) is 13.4 Å². The molecule has 2 aromatic rings. The number of sulfonamides is 1. The van der Waals surface area contributed by atoms with Gasteiger partial charge in [-0.1, -0.05) is 28.1 Å². The molecule has 1 aromatic heterocycles. The van der Waals surface area contributed by atoms with E-state index in [0.717, 1.165) is 10.0 Å². The van der Waals surface area contributed by atoms with Crippen LogP contribution in [0.5, 0.6) is 0 Å². The summed E-state index contributed by atoms with van der Waals surface area (Å²) in [7, 11) is -2.25. The SMILES string of the molecule is COCCN(CCC#N)S(=O)(=O)c1csc(-c2ccc(Br)cc2)n1. The number of methoxy groups -OCH3 is 1. The first-order valence-corrected chi connectivity index (χ1v) is 10.2. The van der Waals surface area contributed by atoms with Crippen molar-refractivity contribution in [2.45, 2.75) is 11.4 Å². The quantitative estimate of drug-likeness (QED) is 0.643. The van der Waals surface area contributed by atoms with Crippen LogP contribution < -0.4 is 0 Å². The van der Waals surface area contributed by atoms with E-state index in [1.807, 2.05) is 30.3 Å². The Bertz CT molecular complexity index is 813. The van der Waals surface area contributed by atoms with Crippen molar-refractivity contribution in [3.05, 3.63) is 34.1 Å². The lowest BCUT2D eigenvalue weighted by molar-refractivity contribution is 0.179. The third-order valence-electron chi connectivity index (χ3n) is 3.20. The summed E-state index contributed by atoms with van der Waals surface area (Å²) < 4.78 is 32.6. The minimum atomic E-state index is -3.75. The zero-order valence-corrected chi connectivity index (χ0v) is 16.2. The van der Waals surface area contributed by atoms with E-state index in [0.29, 0.717) is 5.01 Å². The van der Waals surface area contributed by atoms with Crippen LogP contribution in [0.2, 0.25) is 0 Å². The van der Waals surface area contributed by atoms with Gasteiger partial charge in [0.2, 0.25) is 0 Å². The minimum Gasteiger partial charge on any atom is -0.383 e. The molecular weight excluding hydrogens is 414 g/mol. The Morgan fingerprint density at radius 3 is 2.67 bits per heavy atom. The largest absolute Gasteiger partial charge is 0.383 e. The number of benzene rings is 1. The third-order valence-corrected chi connectivity index (χ3v) is 6.55. The Balaban J connectivity index is 2.27. The van der Waals surface area contributed by atoms with Crippen molar-refractivity contribution in [3.63, 3.8) is 0 Å². The van der Waals surface area contributed by atoms with Gasteiger partial charge >= 0.3 is 0 Å². The molecule has 6 nitrogen and oxygen atoms in total. The average Bonchev–Trinajstić information content (AvgIpc) is 3.06. The molecule has 0 saturated carbocycles. The highest BCUT2D eigenvalue weighted by atomic mass is 79.9. The van der Waals surface area contributed by atoms with Gasteiger partial charge in [-0.05, 0) is 12.1 Å². The van der Waals surface area contributed by atoms with Gasteiger partial charge in [-0.2, -0.15) is 9.57 Å². The number of rotatable bonds is 8. The van der Waals surface area contributed by atoms with Crippen LogP contribution in [0.4, 0.5) is 0 Å². The first-order valence-electron chi connectivity index (χ1n) is 7.06. The average molecular weight is 430 g/mol. The minimum absolute atomic E-state index is 0.000499. The predicted molar refractivity (Wildman–Crippen MR) is 96.1 cm³/mol. The standard InChI is InChI=1S/C15H16BrN3O3S2/c1-22-10-9-19(8-2-7-17)24(20,21)14-11-23-15(18-14)12-3-5-13(16)6-4-12/h3-6,11H,2,8-10H2,1H3. The predicted octanol–water partition coefficient (Wildman–Crippen LogP) is 3.12. The van der Waals surface area contributed by atoms with Crippen LogP contribution in [0.3, 0.4) is 0 Å². The molecule has 0 amide bonds. The fourth-order valence-corrected chi connectivity index (χ4v) is 4.71. The van der Waals surface area contributed by atoms with Crippen LogP contribution in [-0.4, -0.2) is 44.5 Å². The second-order valence-electron chi connectivity index (χ2n) is 4.80. The van der Waals surface area contributed by atoms with E-state index in [1.54, 1.807) is 0 Å².